The zero-order chi connectivity index (χ0) is 17.9. The van der Waals surface area contributed by atoms with Crippen LogP contribution < -0.4 is 5.32 Å². The maximum absolute atomic E-state index is 12.9. The normalized spacial score (nSPS) is 13.2. The molecule has 3 aromatic rings. The summed E-state index contributed by atoms with van der Waals surface area (Å²) in [6.07, 6.45) is 4.28. The zero-order valence-electron chi connectivity index (χ0n) is 14.8. The quantitative estimate of drug-likeness (QED) is 0.770. The summed E-state index contributed by atoms with van der Waals surface area (Å²) in [6, 6.07) is 18.3. The molecular weight excluding hydrogens is 322 g/mol. The average Bonchev–Trinajstić information content (AvgIpc) is 2.69. The van der Waals surface area contributed by atoms with Gasteiger partial charge in [-0.15, -0.1) is 0 Å². The van der Waals surface area contributed by atoms with Crippen LogP contribution in [0.4, 0.5) is 11.4 Å². The summed E-state index contributed by atoms with van der Waals surface area (Å²) in [6.45, 7) is 3.46. The minimum atomic E-state index is 0.0274. The fraction of sp³-hybridized carbons (Fsp3) is 0.182. The Morgan fingerprint density at radius 3 is 2.58 bits per heavy atom. The molecule has 1 aromatic heterocycles. The lowest BCUT2D eigenvalue weighted by Crippen LogP contribution is -2.36. The Labute approximate surface area is 153 Å². The summed E-state index contributed by atoms with van der Waals surface area (Å²) in [5.74, 6) is 0.0274. The van der Waals surface area contributed by atoms with Crippen molar-refractivity contribution >= 4 is 17.3 Å². The number of carbonyl (C=O) groups excluding carboxylic acids is 1. The van der Waals surface area contributed by atoms with Gasteiger partial charge in [0, 0.05) is 25.0 Å². The molecule has 0 bridgehead atoms. The molecule has 0 unspecified atom stereocenters. The van der Waals surface area contributed by atoms with E-state index in [0.717, 1.165) is 24.3 Å². The lowest BCUT2D eigenvalue weighted by Gasteiger charge is -2.29. The third-order valence-corrected chi connectivity index (χ3v) is 4.74. The molecular formula is C22H21N3O. The number of fused-ring (bicyclic) bond motifs is 1. The van der Waals surface area contributed by atoms with Crippen molar-refractivity contribution in [1.82, 2.24) is 9.88 Å². The summed E-state index contributed by atoms with van der Waals surface area (Å²) in [7, 11) is 0. The van der Waals surface area contributed by atoms with E-state index in [0.29, 0.717) is 12.1 Å². The number of carbonyl (C=O) groups is 1. The van der Waals surface area contributed by atoms with Crippen molar-refractivity contribution in [3.05, 3.63) is 89.2 Å². The van der Waals surface area contributed by atoms with Crippen molar-refractivity contribution in [3.63, 3.8) is 0 Å². The highest BCUT2D eigenvalue weighted by Crippen LogP contribution is 2.22. The molecule has 26 heavy (non-hydrogen) atoms. The predicted octanol–water partition coefficient (Wildman–Crippen LogP) is 4.33. The highest BCUT2D eigenvalue weighted by atomic mass is 16.2. The van der Waals surface area contributed by atoms with Crippen LogP contribution >= 0.6 is 0 Å². The topological polar surface area (TPSA) is 45.2 Å². The fourth-order valence-corrected chi connectivity index (χ4v) is 3.28. The van der Waals surface area contributed by atoms with E-state index in [4.69, 9.17) is 0 Å². The van der Waals surface area contributed by atoms with Crippen LogP contribution in [-0.2, 0) is 13.0 Å². The monoisotopic (exact) mass is 343 g/mol. The highest BCUT2D eigenvalue weighted by Gasteiger charge is 2.21. The standard InChI is InChI=1S/C22H21N3O/c1-16-6-8-20(9-7-16)24-21-12-19(13-23-14-21)22(26)25-11-10-17-4-2-3-5-18(17)15-25/h2-9,12-14,24H,10-11,15H2,1H3. The van der Waals surface area contributed by atoms with Crippen molar-refractivity contribution in [3.8, 4) is 0 Å². The minimum absolute atomic E-state index is 0.0274. The summed E-state index contributed by atoms with van der Waals surface area (Å²) in [4.78, 5) is 19.1. The first-order valence-electron chi connectivity index (χ1n) is 8.84. The Morgan fingerprint density at radius 1 is 1.00 bits per heavy atom. The smallest absolute Gasteiger partial charge is 0.255 e. The molecule has 0 atom stereocenters. The Morgan fingerprint density at radius 2 is 1.77 bits per heavy atom. The molecule has 0 saturated heterocycles. The molecule has 2 heterocycles. The van der Waals surface area contributed by atoms with E-state index in [1.54, 1.807) is 12.4 Å². The molecule has 130 valence electrons. The Hall–Kier alpha value is -3.14. The van der Waals surface area contributed by atoms with Crippen LogP contribution in [0.1, 0.15) is 27.0 Å². The largest absolute Gasteiger partial charge is 0.354 e. The van der Waals surface area contributed by atoms with E-state index in [1.807, 2.05) is 29.2 Å². The lowest BCUT2D eigenvalue weighted by molar-refractivity contribution is 0.0734. The van der Waals surface area contributed by atoms with Gasteiger partial charge < -0.3 is 10.2 Å². The molecule has 4 heteroatoms. The number of anilines is 2. The second-order valence-corrected chi connectivity index (χ2v) is 6.70. The first-order valence-corrected chi connectivity index (χ1v) is 8.84. The number of amides is 1. The molecule has 0 aliphatic carbocycles. The van der Waals surface area contributed by atoms with Crippen LogP contribution in [0, 0.1) is 6.92 Å². The van der Waals surface area contributed by atoms with Crippen LogP contribution in [-0.4, -0.2) is 22.3 Å². The van der Waals surface area contributed by atoms with Crippen LogP contribution in [0.5, 0.6) is 0 Å². The SMILES string of the molecule is Cc1ccc(Nc2cncc(C(=O)N3CCc4ccccc4C3)c2)cc1. The molecule has 1 N–H and O–H groups in total. The number of aromatic nitrogens is 1. The van der Waals surface area contributed by atoms with E-state index < -0.39 is 0 Å². The summed E-state index contributed by atoms with van der Waals surface area (Å²) < 4.78 is 0. The van der Waals surface area contributed by atoms with E-state index in [-0.39, 0.29) is 5.91 Å². The molecule has 0 radical (unpaired) electrons. The van der Waals surface area contributed by atoms with E-state index in [1.165, 1.54) is 16.7 Å². The van der Waals surface area contributed by atoms with Gasteiger partial charge in [0.15, 0.2) is 0 Å². The van der Waals surface area contributed by atoms with E-state index >= 15 is 0 Å². The van der Waals surface area contributed by atoms with E-state index in [2.05, 4.69) is 47.6 Å². The van der Waals surface area contributed by atoms with E-state index in [9.17, 15) is 4.79 Å². The first kappa shape index (κ1) is 16.3. The number of pyridine rings is 1. The maximum atomic E-state index is 12.9. The molecule has 4 nitrogen and oxygen atoms in total. The average molecular weight is 343 g/mol. The number of nitrogens with zero attached hydrogens (tertiary/aromatic N) is 2. The van der Waals surface area contributed by atoms with Gasteiger partial charge in [0.2, 0.25) is 0 Å². The number of benzene rings is 2. The van der Waals surface area contributed by atoms with Gasteiger partial charge in [-0.05, 0) is 42.7 Å². The molecule has 4 rings (SSSR count). The van der Waals surface area contributed by atoms with Crippen molar-refractivity contribution in [1.29, 1.82) is 0 Å². The van der Waals surface area contributed by atoms with Gasteiger partial charge >= 0.3 is 0 Å². The predicted molar refractivity (Wildman–Crippen MR) is 104 cm³/mol. The van der Waals surface area contributed by atoms with Crippen molar-refractivity contribution < 1.29 is 4.79 Å². The van der Waals surface area contributed by atoms with Crippen molar-refractivity contribution in [2.75, 3.05) is 11.9 Å². The highest BCUT2D eigenvalue weighted by molar-refractivity contribution is 5.95. The van der Waals surface area contributed by atoms with Gasteiger partial charge in [-0.1, -0.05) is 42.0 Å². The Bertz CT molecular complexity index is 934. The molecule has 0 saturated carbocycles. The molecule has 1 aliphatic rings. The number of rotatable bonds is 3. The molecule has 2 aromatic carbocycles. The Balaban J connectivity index is 1.51. The lowest BCUT2D eigenvalue weighted by atomic mass is 9.99. The van der Waals surface area contributed by atoms with Crippen molar-refractivity contribution in [2.24, 2.45) is 0 Å². The van der Waals surface area contributed by atoms with Crippen LogP contribution in [0.15, 0.2) is 67.0 Å². The van der Waals surface area contributed by atoms with Gasteiger partial charge in [-0.2, -0.15) is 0 Å². The summed E-state index contributed by atoms with van der Waals surface area (Å²) in [5, 5.41) is 3.31. The number of aryl methyl sites for hydroxylation is 1. The third kappa shape index (κ3) is 3.45. The second kappa shape index (κ2) is 7.00. The Kier molecular flexibility index (Phi) is 4.40. The van der Waals surface area contributed by atoms with Crippen LogP contribution in [0.3, 0.4) is 0 Å². The van der Waals surface area contributed by atoms with Gasteiger partial charge in [0.25, 0.3) is 5.91 Å². The molecule has 1 aliphatic heterocycles. The minimum Gasteiger partial charge on any atom is -0.354 e. The number of nitrogens with one attached hydrogen (secondary N) is 1. The van der Waals surface area contributed by atoms with Gasteiger partial charge in [0.05, 0.1) is 17.4 Å². The first-order chi connectivity index (χ1) is 12.7. The summed E-state index contributed by atoms with van der Waals surface area (Å²) >= 11 is 0. The molecule has 1 amide bonds. The molecule has 0 fully saturated rings. The summed E-state index contributed by atoms with van der Waals surface area (Å²) in [5.41, 5.74) is 6.19. The van der Waals surface area contributed by atoms with Gasteiger partial charge in [-0.25, -0.2) is 0 Å². The number of hydrogen-bond acceptors (Lipinski definition) is 3. The van der Waals surface area contributed by atoms with Crippen molar-refractivity contribution in [2.45, 2.75) is 19.9 Å². The fourth-order valence-electron chi connectivity index (χ4n) is 3.28. The number of hydrogen-bond donors (Lipinski definition) is 1. The van der Waals surface area contributed by atoms with Gasteiger partial charge in [0.1, 0.15) is 0 Å². The zero-order valence-corrected chi connectivity index (χ0v) is 14.8. The molecule has 0 spiro atoms. The van der Waals surface area contributed by atoms with Crippen LogP contribution in [0.2, 0.25) is 0 Å². The maximum Gasteiger partial charge on any atom is 0.255 e. The van der Waals surface area contributed by atoms with Crippen LogP contribution in [0.25, 0.3) is 0 Å². The second-order valence-electron chi connectivity index (χ2n) is 6.70. The third-order valence-electron chi connectivity index (χ3n) is 4.74. The van der Waals surface area contributed by atoms with Gasteiger partial charge in [-0.3, -0.25) is 9.78 Å².